The van der Waals surface area contributed by atoms with E-state index in [1.54, 1.807) is 0 Å². The van der Waals surface area contributed by atoms with E-state index >= 15 is 0 Å². The maximum atomic E-state index is 11.0. The molecule has 0 fully saturated rings. The zero-order valence-corrected chi connectivity index (χ0v) is 13.2. The smallest absolute Gasteiger partial charge is 0.151 e. The molecule has 3 aromatic carbocycles. The van der Waals surface area contributed by atoms with Gasteiger partial charge in [0.15, 0.2) is 6.29 Å². The second kappa shape index (κ2) is 5.11. The number of hydrogen-bond donors (Lipinski definition) is 0. The van der Waals surface area contributed by atoms with Crippen molar-refractivity contribution in [3.63, 3.8) is 0 Å². The molecule has 3 heteroatoms. The lowest BCUT2D eigenvalue weighted by atomic mass is 10.2. The van der Waals surface area contributed by atoms with Crippen LogP contribution in [-0.2, 0) is 0 Å². The van der Waals surface area contributed by atoms with Crippen molar-refractivity contribution in [1.82, 2.24) is 4.57 Å². The van der Waals surface area contributed by atoms with Gasteiger partial charge in [-0.3, -0.25) is 4.79 Å². The molecule has 0 spiro atoms. The molecule has 0 saturated carbocycles. The third-order valence-electron chi connectivity index (χ3n) is 3.95. The molecular formula is C19H12BrNO. The normalized spacial score (nSPS) is 11.1. The van der Waals surface area contributed by atoms with Gasteiger partial charge in [0.1, 0.15) is 0 Å². The fourth-order valence-corrected chi connectivity index (χ4v) is 3.41. The van der Waals surface area contributed by atoms with Gasteiger partial charge < -0.3 is 4.57 Å². The first kappa shape index (κ1) is 13.3. The Bertz CT molecular complexity index is 963. The van der Waals surface area contributed by atoms with Crippen LogP contribution in [0.15, 0.2) is 71.2 Å². The Morgan fingerprint density at radius 3 is 1.95 bits per heavy atom. The number of fused-ring (bicyclic) bond motifs is 3. The molecule has 0 aliphatic carbocycles. The molecule has 0 radical (unpaired) electrons. The van der Waals surface area contributed by atoms with E-state index < -0.39 is 0 Å². The van der Waals surface area contributed by atoms with Crippen molar-refractivity contribution >= 4 is 44.0 Å². The molecule has 1 heterocycles. The molecule has 22 heavy (non-hydrogen) atoms. The van der Waals surface area contributed by atoms with Crippen LogP contribution in [0, 0.1) is 0 Å². The standard InChI is InChI=1S/C19H12BrNO/c20-17-11-14(10-9-13(17)12-22)21-18-7-3-1-5-15(18)16-6-2-4-8-19(16)21/h1-12H. The van der Waals surface area contributed by atoms with E-state index in [1.807, 2.05) is 30.3 Å². The fraction of sp³-hybridized carbons (Fsp3) is 0. The van der Waals surface area contributed by atoms with Crippen molar-refractivity contribution in [3.8, 4) is 5.69 Å². The third-order valence-corrected chi connectivity index (χ3v) is 4.64. The summed E-state index contributed by atoms with van der Waals surface area (Å²) in [6.45, 7) is 0. The highest BCUT2D eigenvalue weighted by atomic mass is 79.9. The van der Waals surface area contributed by atoms with Gasteiger partial charge >= 0.3 is 0 Å². The number of carbonyl (C=O) groups is 1. The second-order valence-electron chi connectivity index (χ2n) is 5.19. The van der Waals surface area contributed by atoms with E-state index in [2.05, 4.69) is 56.9 Å². The number of halogens is 1. The lowest BCUT2D eigenvalue weighted by Crippen LogP contribution is -1.95. The molecule has 2 nitrogen and oxygen atoms in total. The zero-order chi connectivity index (χ0) is 15.1. The van der Waals surface area contributed by atoms with E-state index in [4.69, 9.17) is 0 Å². The van der Waals surface area contributed by atoms with E-state index in [0.717, 1.165) is 27.5 Å². The van der Waals surface area contributed by atoms with Gasteiger partial charge in [0.25, 0.3) is 0 Å². The number of aromatic nitrogens is 1. The summed E-state index contributed by atoms with van der Waals surface area (Å²) in [5.74, 6) is 0. The molecule has 0 unspecified atom stereocenters. The summed E-state index contributed by atoms with van der Waals surface area (Å²) < 4.78 is 3.03. The Labute approximate surface area is 136 Å². The summed E-state index contributed by atoms with van der Waals surface area (Å²) >= 11 is 3.48. The minimum atomic E-state index is 0.657. The van der Waals surface area contributed by atoms with Crippen molar-refractivity contribution in [2.24, 2.45) is 0 Å². The van der Waals surface area contributed by atoms with Gasteiger partial charge in [0.2, 0.25) is 0 Å². The van der Waals surface area contributed by atoms with Crippen molar-refractivity contribution in [3.05, 3.63) is 76.8 Å². The Hall–Kier alpha value is -2.39. The van der Waals surface area contributed by atoms with Crippen LogP contribution < -0.4 is 0 Å². The Morgan fingerprint density at radius 1 is 0.818 bits per heavy atom. The molecular weight excluding hydrogens is 338 g/mol. The maximum Gasteiger partial charge on any atom is 0.151 e. The molecule has 0 bridgehead atoms. The number of aldehydes is 1. The monoisotopic (exact) mass is 349 g/mol. The molecule has 4 rings (SSSR count). The third kappa shape index (κ3) is 1.90. The molecule has 0 aliphatic heterocycles. The van der Waals surface area contributed by atoms with Gasteiger partial charge in [0.05, 0.1) is 11.0 Å². The predicted octanol–water partition coefficient (Wildman–Crippen LogP) is 5.36. The van der Waals surface area contributed by atoms with Crippen molar-refractivity contribution < 1.29 is 4.79 Å². The number of carbonyl (C=O) groups excluding carboxylic acids is 1. The molecule has 1 aromatic heterocycles. The minimum absolute atomic E-state index is 0.657. The zero-order valence-electron chi connectivity index (χ0n) is 11.7. The Balaban J connectivity index is 2.12. The second-order valence-corrected chi connectivity index (χ2v) is 6.05. The van der Waals surface area contributed by atoms with Crippen molar-refractivity contribution in [2.45, 2.75) is 0 Å². The number of nitrogens with zero attached hydrogens (tertiary/aromatic N) is 1. The summed E-state index contributed by atoms with van der Waals surface area (Å²) in [7, 11) is 0. The van der Waals surface area contributed by atoms with E-state index in [-0.39, 0.29) is 0 Å². The molecule has 106 valence electrons. The van der Waals surface area contributed by atoms with Gasteiger partial charge in [-0.1, -0.05) is 36.4 Å². The van der Waals surface area contributed by atoms with Crippen LogP contribution in [0.1, 0.15) is 10.4 Å². The van der Waals surface area contributed by atoms with Crippen LogP contribution in [0.2, 0.25) is 0 Å². The van der Waals surface area contributed by atoms with Gasteiger partial charge in [0, 0.05) is 26.5 Å². The van der Waals surface area contributed by atoms with Gasteiger partial charge in [-0.05, 0) is 46.3 Å². The quantitative estimate of drug-likeness (QED) is 0.446. The lowest BCUT2D eigenvalue weighted by molar-refractivity contribution is 0.112. The van der Waals surface area contributed by atoms with Gasteiger partial charge in [-0.2, -0.15) is 0 Å². The molecule has 0 saturated heterocycles. The first-order valence-corrected chi connectivity index (χ1v) is 7.82. The SMILES string of the molecule is O=Cc1ccc(-n2c3ccccc3c3ccccc32)cc1Br. The first-order chi connectivity index (χ1) is 10.8. The highest BCUT2D eigenvalue weighted by molar-refractivity contribution is 9.10. The molecule has 0 amide bonds. The van der Waals surface area contributed by atoms with E-state index in [0.29, 0.717) is 5.56 Å². The van der Waals surface area contributed by atoms with Gasteiger partial charge in [-0.25, -0.2) is 0 Å². The largest absolute Gasteiger partial charge is 0.309 e. The number of benzene rings is 3. The Kier molecular flexibility index (Phi) is 3.09. The highest BCUT2D eigenvalue weighted by Gasteiger charge is 2.12. The van der Waals surface area contributed by atoms with Crippen molar-refractivity contribution in [2.75, 3.05) is 0 Å². The van der Waals surface area contributed by atoms with Crippen LogP contribution >= 0.6 is 15.9 Å². The molecule has 0 aliphatic rings. The summed E-state index contributed by atoms with van der Waals surface area (Å²) in [4.78, 5) is 11.0. The van der Waals surface area contributed by atoms with Crippen LogP contribution in [0.25, 0.3) is 27.5 Å². The van der Waals surface area contributed by atoms with Crippen LogP contribution in [-0.4, -0.2) is 10.9 Å². The highest BCUT2D eigenvalue weighted by Crippen LogP contribution is 2.32. The van der Waals surface area contributed by atoms with Crippen LogP contribution in [0.5, 0.6) is 0 Å². The summed E-state index contributed by atoms with van der Waals surface area (Å²) in [6, 6.07) is 22.6. The van der Waals surface area contributed by atoms with Crippen molar-refractivity contribution in [1.29, 1.82) is 0 Å². The van der Waals surface area contributed by atoms with Gasteiger partial charge in [-0.15, -0.1) is 0 Å². The molecule has 4 aromatic rings. The summed E-state index contributed by atoms with van der Waals surface area (Å²) in [5, 5.41) is 2.46. The summed E-state index contributed by atoms with van der Waals surface area (Å²) in [6.07, 6.45) is 0.861. The average molecular weight is 350 g/mol. The van der Waals surface area contributed by atoms with Crippen LogP contribution in [0.4, 0.5) is 0 Å². The molecule has 0 N–H and O–H groups in total. The minimum Gasteiger partial charge on any atom is -0.309 e. The Morgan fingerprint density at radius 2 is 1.41 bits per heavy atom. The van der Waals surface area contributed by atoms with E-state index in [1.165, 1.54) is 10.8 Å². The number of hydrogen-bond acceptors (Lipinski definition) is 1. The number of para-hydroxylation sites is 2. The molecule has 0 atom stereocenters. The van der Waals surface area contributed by atoms with E-state index in [9.17, 15) is 4.79 Å². The lowest BCUT2D eigenvalue weighted by Gasteiger charge is -2.09. The number of rotatable bonds is 2. The predicted molar refractivity (Wildman–Crippen MR) is 93.9 cm³/mol. The topological polar surface area (TPSA) is 22.0 Å². The summed E-state index contributed by atoms with van der Waals surface area (Å²) in [5.41, 5.74) is 4.02. The van der Waals surface area contributed by atoms with Crippen LogP contribution in [0.3, 0.4) is 0 Å². The average Bonchev–Trinajstić information content (AvgIpc) is 2.89. The fourth-order valence-electron chi connectivity index (χ4n) is 2.95. The maximum absolute atomic E-state index is 11.0. The first-order valence-electron chi connectivity index (χ1n) is 7.03.